The van der Waals surface area contributed by atoms with Gasteiger partial charge in [0.2, 0.25) is 5.22 Å². The van der Waals surface area contributed by atoms with Crippen LogP contribution in [0.15, 0.2) is 16.7 Å². The number of nitrogens with zero attached hydrogens (tertiary/aromatic N) is 1. The van der Waals surface area contributed by atoms with E-state index in [9.17, 15) is 4.79 Å². The molecule has 1 fully saturated rings. The van der Waals surface area contributed by atoms with Crippen LogP contribution in [0.2, 0.25) is 5.22 Å². The lowest BCUT2D eigenvalue weighted by Gasteiger charge is -2.31. The van der Waals surface area contributed by atoms with E-state index in [1.165, 1.54) is 6.26 Å². The summed E-state index contributed by atoms with van der Waals surface area (Å²) in [5.74, 6) is -0.0536. The fraction of sp³-hybridized carbons (Fsp3) is 0.500. The van der Waals surface area contributed by atoms with Gasteiger partial charge in [-0.25, -0.2) is 0 Å². The molecule has 4 nitrogen and oxygen atoms in total. The van der Waals surface area contributed by atoms with E-state index >= 15 is 0 Å². The predicted molar refractivity (Wildman–Crippen MR) is 57.1 cm³/mol. The molecule has 1 atom stereocenters. The molecule has 1 aliphatic heterocycles. The third kappa shape index (κ3) is 2.16. The quantitative estimate of drug-likeness (QED) is 0.790. The van der Waals surface area contributed by atoms with E-state index in [0.29, 0.717) is 24.7 Å². The van der Waals surface area contributed by atoms with Crippen molar-refractivity contribution in [2.75, 3.05) is 19.6 Å². The number of carbonyl (C=O) groups excluding carboxylic acids is 1. The molecule has 82 valence electrons. The van der Waals surface area contributed by atoms with Crippen molar-refractivity contribution < 1.29 is 9.21 Å². The van der Waals surface area contributed by atoms with E-state index in [4.69, 9.17) is 16.0 Å². The van der Waals surface area contributed by atoms with Crippen LogP contribution < -0.4 is 5.32 Å². The van der Waals surface area contributed by atoms with E-state index in [1.54, 1.807) is 11.0 Å². The minimum atomic E-state index is -0.0536. The van der Waals surface area contributed by atoms with Crippen LogP contribution in [-0.2, 0) is 0 Å². The molecule has 0 aromatic carbocycles. The number of furan rings is 1. The first-order valence-electron chi connectivity index (χ1n) is 4.94. The lowest BCUT2D eigenvalue weighted by molar-refractivity contribution is 0.0708. The van der Waals surface area contributed by atoms with Crippen molar-refractivity contribution in [3.63, 3.8) is 0 Å². The predicted octanol–water partition coefficient (Wildman–Crippen LogP) is 1.37. The molecule has 1 saturated heterocycles. The topological polar surface area (TPSA) is 45.5 Å². The maximum atomic E-state index is 12.0. The molecule has 2 heterocycles. The third-order valence-corrected chi connectivity index (χ3v) is 2.80. The Kier molecular flexibility index (Phi) is 2.98. The van der Waals surface area contributed by atoms with Gasteiger partial charge in [0.1, 0.15) is 0 Å². The molecule has 1 aromatic rings. The summed E-state index contributed by atoms with van der Waals surface area (Å²) < 4.78 is 4.91. The number of carbonyl (C=O) groups is 1. The summed E-state index contributed by atoms with van der Waals surface area (Å²) >= 11 is 5.76. The highest BCUT2D eigenvalue weighted by Crippen LogP contribution is 2.19. The molecular formula is C10H13ClN2O2. The molecule has 0 bridgehead atoms. The standard InChI is InChI=1S/C10H13ClN2O2/c1-7-6-13(4-3-12-7)10(14)8-2-5-15-9(8)11/h2,5,7,12H,3-4,6H2,1H3/t7-/m1/s1. The number of halogens is 1. The Balaban J connectivity index is 2.11. The smallest absolute Gasteiger partial charge is 0.258 e. The zero-order valence-corrected chi connectivity index (χ0v) is 9.25. The lowest BCUT2D eigenvalue weighted by atomic mass is 10.2. The van der Waals surface area contributed by atoms with Crippen molar-refractivity contribution in [2.24, 2.45) is 0 Å². The molecule has 0 spiro atoms. The van der Waals surface area contributed by atoms with Gasteiger partial charge >= 0.3 is 0 Å². The molecule has 1 aliphatic rings. The first-order chi connectivity index (χ1) is 7.18. The summed E-state index contributed by atoms with van der Waals surface area (Å²) in [7, 11) is 0. The molecular weight excluding hydrogens is 216 g/mol. The number of nitrogens with one attached hydrogen (secondary N) is 1. The molecule has 15 heavy (non-hydrogen) atoms. The average Bonchev–Trinajstić information content (AvgIpc) is 2.63. The molecule has 1 amide bonds. The molecule has 0 radical (unpaired) electrons. The van der Waals surface area contributed by atoms with Gasteiger partial charge in [-0.2, -0.15) is 0 Å². The Morgan fingerprint density at radius 3 is 3.13 bits per heavy atom. The van der Waals surface area contributed by atoms with Crippen LogP contribution in [0.1, 0.15) is 17.3 Å². The largest absolute Gasteiger partial charge is 0.452 e. The second-order valence-corrected chi connectivity index (χ2v) is 4.06. The number of piperazine rings is 1. The van der Waals surface area contributed by atoms with Gasteiger partial charge in [-0.05, 0) is 24.6 Å². The van der Waals surface area contributed by atoms with Crippen molar-refractivity contribution in [3.05, 3.63) is 23.1 Å². The minimum absolute atomic E-state index is 0.0536. The van der Waals surface area contributed by atoms with Gasteiger partial charge in [0.05, 0.1) is 11.8 Å². The number of hydrogen-bond donors (Lipinski definition) is 1. The van der Waals surface area contributed by atoms with Crippen LogP contribution in [0.3, 0.4) is 0 Å². The van der Waals surface area contributed by atoms with Crippen LogP contribution >= 0.6 is 11.6 Å². The lowest BCUT2D eigenvalue weighted by Crippen LogP contribution is -2.51. The monoisotopic (exact) mass is 228 g/mol. The van der Waals surface area contributed by atoms with E-state index < -0.39 is 0 Å². The molecule has 2 rings (SSSR count). The van der Waals surface area contributed by atoms with Crippen molar-refractivity contribution in [2.45, 2.75) is 13.0 Å². The van der Waals surface area contributed by atoms with Gasteiger partial charge in [0.25, 0.3) is 5.91 Å². The summed E-state index contributed by atoms with van der Waals surface area (Å²) in [5.41, 5.74) is 0.450. The summed E-state index contributed by atoms with van der Waals surface area (Å²) in [6.45, 7) is 4.30. The van der Waals surface area contributed by atoms with Gasteiger partial charge in [-0.3, -0.25) is 4.79 Å². The highest BCUT2D eigenvalue weighted by molar-refractivity contribution is 6.32. The van der Waals surface area contributed by atoms with Gasteiger partial charge in [0.15, 0.2) is 0 Å². The fourth-order valence-corrected chi connectivity index (χ4v) is 1.93. The number of amides is 1. The number of hydrogen-bond acceptors (Lipinski definition) is 3. The highest BCUT2D eigenvalue weighted by atomic mass is 35.5. The van der Waals surface area contributed by atoms with Crippen LogP contribution in [-0.4, -0.2) is 36.5 Å². The van der Waals surface area contributed by atoms with Crippen LogP contribution in [0, 0.1) is 0 Å². The van der Waals surface area contributed by atoms with E-state index in [1.807, 2.05) is 0 Å². The first kappa shape index (κ1) is 10.5. The Labute approximate surface area is 93.2 Å². The zero-order valence-electron chi connectivity index (χ0n) is 8.50. The van der Waals surface area contributed by atoms with Crippen LogP contribution in [0.25, 0.3) is 0 Å². The molecule has 0 unspecified atom stereocenters. The third-order valence-electron chi connectivity index (χ3n) is 2.50. The van der Waals surface area contributed by atoms with Crippen LogP contribution in [0.5, 0.6) is 0 Å². The maximum Gasteiger partial charge on any atom is 0.258 e. The van der Waals surface area contributed by atoms with E-state index in [-0.39, 0.29) is 11.1 Å². The highest BCUT2D eigenvalue weighted by Gasteiger charge is 2.24. The van der Waals surface area contributed by atoms with Gasteiger partial charge in [-0.1, -0.05) is 0 Å². The Hall–Kier alpha value is -1.00. The van der Waals surface area contributed by atoms with Crippen molar-refractivity contribution in [3.8, 4) is 0 Å². The van der Waals surface area contributed by atoms with E-state index in [0.717, 1.165) is 6.54 Å². The Morgan fingerprint density at radius 1 is 1.73 bits per heavy atom. The summed E-state index contributed by atoms with van der Waals surface area (Å²) in [6.07, 6.45) is 1.43. The fourth-order valence-electron chi connectivity index (χ4n) is 1.73. The normalized spacial score (nSPS) is 21.7. The SMILES string of the molecule is C[C@@H]1CN(C(=O)c2ccoc2Cl)CCN1. The summed E-state index contributed by atoms with van der Waals surface area (Å²) in [5, 5.41) is 3.45. The first-order valence-corrected chi connectivity index (χ1v) is 5.32. The van der Waals surface area contributed by atoms with Crippen molar-refractivity contribution in [1.82, 2.24) is 10.2 Å². The van der Waals surface area contributed by atoms with Crippen molar-refractivity contribution in [1.29, 1.82) is 0 Å². The second-order valence-electron chi connectivity index (χ2n) is 3.71. The van der Waals surface area contributed by atoms with Gasteiger partial charge in [0, 0.05) is 25.7 Å². The minimum Gasteiger partial charge on any atom is -0.452 e. The average molecular weight is 229 g/mol. The van der Waals surface area contributed by atoms with E-state index in [2.05, 4.69) is 12.2 Å². The molecule has 0 saturated carbocycles. The number of rotatable bonds is 1. The van der Waals surface area contributed by atoms with Crippen molar-refractivity contribution >= 4 is 17.5 Å². The summed E-state index contributed by atoms with van der Waals surface area (Å²) in [6, 6.07) is 1.94. The van der Waals surface area contributed by atoms with Gasteiger partial charge in [-0.15, -0.1) is 0 Å². The Morgan fingerprint density at radius 2 is 2.53 bits per heavy atom. The second kappa shape index (κ2) is 4.24. The molecule has 1 aromatic heterocycles. The van der Waals surface area contributed by atoms with Crippen LogP contribution in [0.4, 0.5) is 0 Å². The molecule has 1 N–H and O–H groups in total. The Bertz CT molecular complexity index is 364. The molecule has 0 aliphatic carbocycles. The molecule has 5 heteroatoms. The summed E-state index contributed by atoms with van der Waals surface area (Å²) in [4.78, 5) is 13.8. The zero-order chi connectivity index (χ0) is 10.8. The van der Waals surface area contributed by atoms with Gasteiger partial charge < -0.3 is 14.6 Å². The maximum absolute atomic E-state index is 12.0.